The van der Waals surface area contributed by atoms with E-state index in [2.05, 4.69) is 59.9 Å². The lowest BCUT2D eigenvalue weighted by molar-refractivity contribution is 0.108. The predicted molar refractivity (Wildman–Crippen MR) is 167 cm³/mol. The quantitative estimate of drug-likeness (QED) is 0.438. The molecule has 2 saturated heterocycles. The summed E-state index contributed by atoms with van der Waals surface area (Å²) >= 11 is 0. The molecule has 2 aromatic rings. The van der Waals surface area contributed by atoms with E-state index < -0.39 is 0 Å². The van der Waals surface area contributed by atoms with Crippen LogP contribution in [0.2, 0.25) is 13.6 Å². The molecule has 4 rings (SSSR count). The van der Waals surface area contributed by atoms with Crippen molar-refractivity contribution in [2.24, 2.45) is 0 Å². The summed E-state index contributed by atoms with van der Waals surface area (Å²) in [6, 6.07) is 0.390. The van der Waals surface area contributed by atoms with Crippen LogP contribution in [0.3, 0.4) is 0 Å². The van der Waals surface area contributed by atoms with Gasteiger partial charge >= 0.3 is 0 Å². The second kappa shape index (κ2) is 27.1. The Kier molecular flexibility index (Phi) is 36.2. The standard InChI is InChI=1S/C8H15BN5.C6H13BNO.C2H4N4.5CH4.2H3P/c1-7-10-12-14(11-7)8-4-3-5-13(6-8)9-2;1-7-8-4-2-3-6(9)5-8;1-2-3-5-6-4-2;;;;;;;/h8H,3-6H2,1-2H3;6,9H,2-5H2,1H3;1H3,(H,3,4,5,6);5*1H4;2*1H3. The summed E-state index contributed by atoms with van der Waals surface area (Å²) in [5.41, 5.74) is 0. The molecule has 0 spiro atoms. The number of β-amino-alcohol motifs (C(OH)–C–C–N with tert-alkyl or cyclic N) is 1. The molecule has 15 heteroatoms. The van der Waals surface area contributed by atoms with Gasteiger partial charge in [0.2, 0.25) is 14.8 Å². The average molecular weight is 550 g/mol. The van der Waals surface area contributed by atoms with Crippen LogP contribution < -0.4 is 0 Å². The number of piperidine rings is 2. The fraction of sp³-hybridized carbons (Fsp3) is 0.905. The van der Waals surface area contributed by atoms with E-state index in [1.54, 1.807) is 11.7 Å². The third kappa shape index (κ3) is 18.3. The number of aliphatic hydroxyl groups excluding tert-OH is 1. The summed E-state index contributed by atoms with van der Waals surface area (Å²) in [5, 5.41) is 34.1. The van der Waals surface area contributed by atoms with Crippen molar-refractivity contribution >= 4 is 34.6 Å². The van der Waals surface area contributed by atoms with Crippen LogP contribution in [-0.4, -0.2) is 103 Å². The second-order valence-electron chi connectivity index (χ2n) is 7.21. The topological polar surface area (TPSA) is 125 Å². The van der Waals surface area contributed by atoms with Gasteiger partial charge < -0.3 is 14.7 Å². The van der Waals surface area contributed by atoms with E-state index in [-0.39, 0.29) is 63.0 Å². The van der Waals surface area contributed by atoms with Crippen molar-refractivity contribution < 1.29 is 5.11 Å². The number of rotatable bonds is 3. The van der Waals surface area contributed by atoms with Crippen LogP contribution in [-0.2, 0) is 0 Å². The first kappa shape index (κ1) is 48.1. The Morgan fingerprint density at radius 1 is 0.833 bits per heavy atom. The van der Waals surface area contributed by atoms with Crippen LogP contribution in [0.15, 0.2) is 0 Å². The fourth-order valence-corrected chi connectivity index (χ4v) is 3.29. The number of tetrazole rings is 2. The minimum absolute atomic E-state index is 0. The number of aryl methyl sites for hydroxylation is 2. The molecule has 2 aliphatic rings. The smallest absolute Gasteiger partial charge is 0.205 e. The summed E-state index contributed by atoms with van der Waals surface area (Å²) in [6.45, 7) is 11.8. The monoisotopic (exact) mass is 550 g/mol. The normalized spacial score (nSPS) is 18.2. The molecule has 4 unspecified atom stereocenters. The van der Waals surface area contributed by atoms with Gasteiger partial charge in [0.25, 0.3) is 0 Å². The van der Waals surface area contributed by atoms with E-state index in [0.29, 0.717) is 11.9 Å². The zero-order valence-electron chi connectivity index (χ0n) is 19.4. The Morgan fingerprint density at radius 2 is 1.39 bits per heavy atom. The number of nitrogens with one attached hydrogen (secondary N) is 1. The van der Waals surface area contributed by atoms with E-state index in [9.17, 15) is 0 Å². The number of nitrogens with zero attached hydrogens (tertiary/aromatic N) is 9. The van der Waals surface area contributed by atoms with Gasteiger partial charge in [0.15, 0.2) is 11.6 Å². The van der Waals surface area contributed by atoms with Gasteiger partial charge in [-0.05, 0) is 57.8 Å². The van der Waals surface area contributed by atoms with Crippen molar-refractivity contribution in [1.82, 2.24) is 50.5 Å². The number of hydrogen-bond donors (Lipinski definition) is 2. The SMILES string of the molecule is C.C.C.C.C.C[B]N1CCCC(O)C1.C[B]N1CCCC(n2nnc(C)n2)C1.Cc1nn[nH]n1.P.P. The molecule has 2 N–H and O–H groups in total. The highest BCUT2D eigenvalue weighted by atomic mass is 31.0. The highest BCUT2D eigenvalue weighted by Gasteiger charge is 2.21. The van der Waals surface area contributed by atoms with Gasteiger partial charge in [-0.15, -0.1) is 20.4 Å². The molecule has 2 aliphatic heterocycles. The van der Waals surface area contributed by atoms with Crippen LogP contribution in [0.4, 0.5) is 0 Å². The first-order valence-electron chi connectivity index (χ1n) is 10.2. The molecule has 2 aromatic heterocycles. The van der Waals surface area contributed by atoms with E-state index in [0.717, 1.165) is 51.3 Å². The summed E-state index contributed by atoms with van der Waals surface area (Å²) in [6.07, 6.45) is 4.38. The van der Waals surface area contributed by atoms with Gasteiger partial charge in [-0.1, -0.05) is 56.0 Å². The Labute approximate surface area is 230 Å². The van der Waals surface area contributed by atoms with Crippen LogP contribution in [0.5, 0.6) is 0 Å². The average Bonchev–Trinajstić information content (AvgIpc) is 3.40. The molecule has 2 fully saturated rings. The molecule has 2 radical (unpaired) electrons. The fourth-order valence-electron chi connectivity index (χ4n) is 3.29. The van der Waals surface area contributed by atoms with Gasteiger partial charge in [0, 0.05) is 13.1 Å². The third-order valence-electron chi connectivity index (χ3n) is 4.89. The maximum absolute atomic E-state index is 9.15. The molecule has 0 bridgehead atoms. The van der Waals surface area contributed by atoms with Crippen molar-refractivity contribution in [3.63, 3.8) is 0 Å². The van der Waals surface area contributed by atoms with Gasteiger partial charge in [-0.25, -0.2) is 0 Å². The molecule has 0 saturated carbocycles. The van der Waals surface area contributed by atoms with Gasteiger partial charge in [-0.2, -0.15) is 29.8 Å². The highest BCUT2D eigenvalue weighted by molar-refractivity contribution is 6.92. The molecule has 4 heterocycles. The first-order chi connectivity index (χ1) is 14.0. The molecule has 11 nitrogen and oxygen atoms in total. The Morgan fingerprint density at radius 3 is 1.75 bits per heavy atom. The minimum Gasteiger partial charge on any atom is -0.392 e. The Hall–Kier alpha value is -0.990. The van der Waals surface area contributed by atoms with Crippen molar-refractivity contribution in [2.45, 2.75) is 102 Å². The maximum Gasteiger partial charge on any atom is 0.205 e. The van der Waals surface area contributed by atoms with Crippen molar-refractivity contribution in [3.8, 4) is 0 Å². The van der Waals surface area contributed by atoms with Crippen LogP contribution in [0, 0.1) is 13.8 Å². The molecule has 0 aromatic carbocycles. The maximum atomic E-state index is 9.15. The molecule has 0 amide bonds. The lowest BCUT2D eigenvalue weighted by Crippen LogP contribution is -2.39. The van der Waals surface area contributed by atoms with Gasteiger partial charge in [0.1, 0.15) is 0 Å². The molecule has 4 atom stereocenters. The van der Waals surface area contributed by atoms with E-state index >= 15 is 0 Å². The lowest BCUT2D eigenvalue weighted by Gasteiger charge is -2.30. The highest BCUT2D eigenvalue weighted by Crippen LogP contribution is 2.18. The van der Waals surface area contributed by atoms with Gasteiger partial charge in [0.05, 0.1) is 12.1 Å². The summed E-state index contributed by atoms with van der Waals surface area (Å²) in [7, 11) is 4.18. The van der Waals surface area contributed by atoms with Crippen molar-refractivity contribution in [3.05, 3.63) is 11.6 Å². The molecule has 0 aliphatic carbocycles. The molecular weight excluding hydrogens is 492 g/mol. The predicted octanol–water partition coefficient (Wildman–Crippen LogP) is 3.20. The summed E-state index contributed by atoms with van der Waals surface area (Å²) in [5.74, 6) is 1.43. The Balaban J connectivity index is -0.0000000911. The van der Waals surface area contributed by atoms with E-state index in [1.807, 2.05) is 21.2 Å². The number of aromatic amines is 1. The molecule has 214 valence electrons. The van der Waals surface area contributed by atoms with Crippen molar-refractivity contribution in [2.75, 3.05) is 26.2 Å². The molecule has 36 heavy (non-hydrogen) atoms. The first-order valence-corrected chi connectivity index (χ1v) is 10.2. The van der Waals surface area contributed by atoms with Crippen LogP contribution in [0.1, 0.15) is 80.5 Å². The second-order valence-corrected chi connectivity index (χ2v) is 7.21. The number of aromatic nitrogens is 8. The minimum atomic E-state index is -0.0880. The number of aliphatic hydroxyl groups is 1. The molecular formula is C21H58B2N10OP2. The number of hydrogen-bond acceptors (Lipinski definition) is 9. The zero-order valence-corrected chi connectivity index (χ0v) is 22.2. The van der Waals surface area contributed by atoms with E-state index in [1.165, 1.54) is 6.42 Å². The van der Waals surface area contributed by atoms with Gasteiger partial charge in [-0.3, -0.25) is 0 Å². The largest absolute Gasteiger partial charge is 0.392 e. The lowest BCUT2D eigenvalue weighted by atomic mass is 9.91. The Bertz CT molecular complexity index is 685. The number of H-pyrrole nitrogens is 1. The summed E-state index contributed by atoms with van der Waals surface area (Å²) < 4.78 is 0. The van der Waals surface area contributed by atoms with Crippen molar-refractivity contribution in [1.29, 1.82) is 0 Å². The van der Waals surface area contributed by atoms with E-state index in [4.69, 9.17) is 5.11 Å². The zero-order chi connectivity index (χ0) is 21.1. The summed E-state index contributed by atoms with van der Waals surface area (Å²) in [4.78, 5) is 6.23. The van der Waals surface area contributed by atoms with Crippen LogP contribution >= 0.6 is 19.8 Å². The third-order valence-corrected chi connectivity index (χ3v) is 4.89. The van der Waals surface area contributed by atoms with Crippen LogP contribution in [0.25, 0.3) is 0 Å².